The van der Waals surface area contributed by atoms with Gasteiger partial charge in [0.25, 0.3) is 0 Å². The number of nitrogen functional groups attached to an aromatic ring is 1. The van der Waals surface area contributed by atoms with E-state index in [1.807, 2.05) is 13.8 Å². The second-order valence-electron chi connectivity index (χ2n) is 4.61. The number of carbonyl (C=O) groups is 2. The first-order valence-corrected chi connectivity index (χ1v) is 6.11. The summed E-state index contributed by atoms with van der Waals surface area (Å²) in [6, 6.07) is 0. The molecular weight excluding hydrogens is 248 g/mol. The van der Waals surface area contributed by atoms with Crippen LogP contribution in [-0.2, 0) is 16.1 Å². The van der Waals surface area contributed by atoms with Gasteiger partial charge in [-0.05, 0) is 5.92 Å². The van der Waals surface area contributed by atoms with Gasteiger partial charge in [-0.3, -0.25) is 4.79 Å². The SMILES string of the molecule is COC(=O)c1ncn(CCC(=O)NCC(C)C)c1N. The zero-order chi connectivity index (χ0) is 14.4. The predicted molar refractivity (Wildman–Crippen MR) is 70.4 cm³/mol. The molecule has 7 nitrogen and oxygen atoms in total. The molecule has 3 N–H and O–H groups in total. The molecule has 1 amide bonds. The second kappa shape index (κ2) is 6.77. The number of carbonyl (C=O) groups excluding carboxylic acids is 2. The number of anilines is 1. The molecule has 1 aromatic heterocycles. The number of nitrogens with one attached hydrogen (secondary N) is 1. The van der Waals surface area contributed by atoms with Crippen LogP contribution in [0.3, 0.4) is 0 Å². The summed E-state index contributed by atoms with van der Waals surface area (Å²) >= 11 is 0. The van der Waals surface area contributed by atoms with E-state index in [9.17, 15) is 9.59 Å². The molecule has 0 saturated carbocycles. The van der Waals surface area contributed by atoms with Crippen molar-refractivity contribution in [3.8, 4) is 0 Å². The van der Waals surface area contributed by atoms with Crippen molar-refractivity contribution in [2.45, 2.75) is 26.8 Å². The van der Waals surface area contributed by atoms with E-state index in [2.05, 4.69) is 15.0 Å². The van der Waals surface area contributed by atoms with Crippen LogP contribution >= 0.6 is 0 Å². The van der Waals surface area contributed by atoms with Crippen LogP contribution in [0.15, 0.2) is 6.33 Å². The number of imidazole rings is 1. The minimum atomic E-state index is -0.583. The molecule has 0 fully saturated rings. The highest BCUT2D eigenvalue weighted by Gasteiger charge is 2.16. The molecule has 0 aromatic carbocycles. The van der Waals surface area contributed by atoms with Crippen LogP contribution in [0.5, 0.6) is 0 Å². The summed E-state index contributed by atoms with van der Waals surface area (Å²) in [6.45, 7) is 5.07. The highest BCUT2D eigenvalue weighted by atomic mass is 16.5. The van der Waals surface area contributed by atoms with Crippen molar-refractivity contribution in [1.29, 1.82) is 0 Å². The Labute approximate surface area is 112 Å². The number of hydrogen-bond donors (Lipinski definition) is 2. The van der Waals surface area contributed by atoms with E-state index >= 15 is 0 Å². The number of methoxy groups -OCH3 is 1. The lowest BCUT2D eigenvalue weighted by Crippen LogP contribution is -2.28. The smallest absolute Gasteiger partial charge is 0.360 e. The Bertz CT molecular complexity index is 454. The quantitative estimate of drug-likeness (QED) is 0.728. The van der Waals surface area contributed by atoms with Gasteiger partial charge < -0.3 is 20.4 Å². The van der Waals surface area contributed by atoms with Crippen LogP contribution in [0, 0.1) is 5.92 Å². The number of aromatic nitrogens is 2. The fourth-order valence-corrected chi connectivity index (χ4v) is 1.45. The summed E-state index contributed by atoms with van der Waals surface area (Å²) in [6.07, 6.45) is 1.71. The Morgan fingerprint density at radius 1 is 1.53 bits per heavy atom. The van der Waals surface area contributed by atoms with E-state index < -0.39 is 5.97 Å². The largest absolute Gasteiger partial charge is 0.464 e. The van der Waals surface area contributed by atoms with Gasteiger partial charge in [0.1, 0.15) is 5.82 Å². The summed E-state index contributed by atoms with van der Waals surface area (Å²) in [5.41, 5.74) is 5.83. The van der Waals surface area contributed by atoms with E-state index in [1.165, 1.54) is 13.4 Å². The van der Waals surface area contributed by atoms with Crippen molar-refractivity contribution in [1.82, 2.24) is 14.9 Å². The monoisotopic (exact) mass is 268 g/mol. The molecule has 7 heteroatoms. The Balaban J connectivity index is 2.52. The number of ether oxygens (including phenoxy) is 1. The summed E-state index contributed by atoms with van der Waals surface area (Å²) in [5, 5.41) is 2.81. The average Bonchev–Trinajstić information content (AvgIpc) is 2.74. The number of rotatable bonds is 6. The number of nitrogens with two attached hydrogens (primary N) is 1. The maximum atomic E-state index is 11.6. The normalized spacial score (nSPS) is 10.5. The van der Waals surface area contributed by atoms with Gasteiger partial charge in [0, 0.05) is 19.5 Å². The van der Waals surface area contributed by atoms with Crippen molar-refractivity contribution in [2.24, 2.45) is 5.92 Å². The summed E-state index contributed by atoms with van der Waals surface area (Å²) in [7, 11) is 1.26. The number of hydrogen-bond acceptors (Lipinski definition) is 5. The van der Waals surface area contributed by atoms with Crippen molar-refractivity contribution < 1.29 is 14.3 Å². The lowest BCUT2D eigenvalue weighted by atomic mass is 10.2. The number of esters is 1. The molecule has 1 heterocycles. The molecule has 0 aliphatic rings. The van der Waals surface area contributed by atoms with Crippen molar-refractivity contribution in [3.05, 3.63) is 12.0 Å². The Hall–Kier alpha value is -2.05. The minimum Gasteiger partial charge on any atom is -0.464 e. The van der Waals surface area contributed by atoms with E-state index in [-0.39, 0.29) is 23.8 Å². The lowest BCUT2D eigenvalue weighted by Gasteiger charge is -2.08. The standard InChI is InChI=1S/C12H20N4O3/c1-8(2)6-14-9(17)4-5-16-7-15-10(11(16)13)12(18)19-3/h7-8H,4-6,13H2,1-3H3,(H,14,17). The van der Waals surface area contributed by atoms with E-state index in [1.54, 1.807) is 4.57 Å². The third kappa shape index (κ3) is 4.27. The Morgan fingerprint density at radius 3 is 2.79 bits per heavy atom. The van der Waals surface area contributed by atoms with Gasteiger partial charge in [0.2, 0.25) is 5.91 Å². The van der Waals surface area contributed by atoms with Crippen LogP contribution in [0.25, 0.3) is 0 Å². The molecule has 0 saturated heterocycles. The fourth-order valence-electron chi connectivity index (χ4n) is 1.45. The topological polar surface area (TPSA) is 99.2 Å². The van der Waals surface area contributed by atoms with Crippen molar-refractivity contribution in [2.75, 3.05) is 19.4 Å². The predicted octanol–water partition coefficient (Wildman–Crippen LogP) is 0.414. The maximum absolute atomic E-state index is 11.6. The highest BCUT2D eigenvalue weighted by molar-refractivity contribution is 5.92. The van der Waals surface area contributed by atoms with Crippen LogP contribution in [0.4, 0.5) is 5.82 Å². The zero-order valence-corrected chi connectivity index (χ0v) is 11.5. The van der Waals surface area contributed by atoms with Gasteiger partial charge >= 0.3 is 5.97 Å². The van der Waals surface area contributed by atoms with Gasteiger partial charge in [-0.1, -0.05) is 13.8 Å². The highest BCUT2D eigenvalue weighted by Crippen LogP contribution is 2.11. The van der Waals surface area contributed by atoms with Crippen molar-refractivity contribution >= 4 is 17.7 Å². The summed E-state index contributed by atoms with van der Waals surface area (Å²) in [5.74, 6) is -0.0152. The summed E-state index contributed by atoms with van der Waals surface area (Å²) in [4.78, 5) is 26.7. The van der Waals surface area contributed by atoms with Gasteiger partial charge in [0.05, 0.1) is 13.4 Å². The van der Waals surface area contributed by atoms with Gasteiger partial charge in [0.15, 0.2) is 5.69 Å². The summed E-state index contributed by atoms with van der Waals surface area (Å²) < 4.78 is 6.10. The molecular formula is C12H20N4O3. The molecule has 1 aromatic rings. The van der Waals surface area contributed by atoms with E-state index in [4.69, 9.17) is 5.73 Å². The number of aryl methyl sites for hydroxylation is 1. The number of amides is 1. The van der Waals surface area contributed by atoms with E-state index in [0.717, 1.165) is 0 Å². The number of nitrogens with zero attached hydrogens (tertiary/aromatic N) is 2. The van der Waals surface area contributed by atoms with Crippen LogP contribution in [0.1, 0.15) is 30.8 Å². The minimum absolute atomic E-state index is 0.0542. The molecule has 0 unspecified atom stereocenters. The third-order valence-corrected chi connectivity index (χ3v) is 2.54. The van der Waals surface area contributed by atoms with Gasteiger partial charge in [-0.15, -0.1) is 0 Å². The molecule has 0 atom stereocenters. The average molecular weight is 268 g/mol. The first-order valence-electron chi connectivity index (χ1n) is 6.11. The zero-order valence-electron chi connectivity index (χ0n) is 11.5. The van der Waals surface area contributed by atoms with Gasteiger partial charge in [-0.2, -0.15) is 0 Å². The van der Waals surface area contributed by atoms with Crippen LogP contribution in [-0.4, -0.2) is 35.1 Å². The molecule has 0 bridgehead atoms. The maximum Gasteiger partial charge on any atom is 0.360 e. The lowest BCUT2D eigenvalue weighted by molar-refractivity contribution is -0.121. The molecule has 0 aliphatic heterocycles. The van der Waals surface area contributed by atoms with Gasteiger partial charge in [-0.25, -0.2) is 9.78 Å². The molecule has 106 valence electrons. The molecule has 0 aliphatic carbocycles. The van der Waals surface area contributed by atoms with Crippen molar-refractivity contribution in [3.63, 3.8) is 0 Å². The third-order valence-electron chi connectivity index (χ3n) is 2.54. The Morgan fingerprint density at radius 2 is 2.21 bits per heavy atom. The Kier molecular flexibility index (Phi) is 5.35. The molecule has 0 radical (unpaired) electrons. The molecule has 0 spiro atoms. The molecule has 19 heavy (non-hydrogen) atoms. The first-order chi connectivity index (χ1) is 8.95. The van der Waals surface area contributed by atoms with Crippen LogP contribution < -0.4 is 11.1 Å². The second-order valence-corrected chi connectivity index (χ2v) is 4.61. The first kappa shape index (κ1) is 15.0. The fraction of sp³-hybridized carbons (Fsp3) is 0.583. The molecule has 1 rings (SSSR count). The van der Waals surface area contributed by atoms with E-state index in [0.29, 0.717) is 19.0 Å². The van der Waals surface area contributed by atoms with Crippen LogP contribution in [0.2, 0.25) is 0 Å².